The van der Waals surface area contributed by atoms with E-state index < -0.39 is 0 Å². The van der Waals surface area contributed by atoms with Gasteiger partial charge in [-0.15, -0.1) is 0 Å². The molecule has 0 aliphatic carbocycles. The Morgan fingerprint density at radius 3 is 2.62 bits per heavy atom. The van der Waals surface area contributed by atoms with Gasteiger partial charge in [-0.3, -0.25) is 0 Å². The van der Waals surface area contributed by atoms with Crippen LogP contribution in [-0.2, 0) is 13.0 Å². The lowest BCUT2D eigenvalue weighted by atomic mass is 9.92. The molecule has 0 aliphatic heterocycles. The molecule has 0 saturated heterocycles. The van der Waals surface area contributed by atoms with Crippen LogP contribution in [0.15, 0.2) is 18.5 Å². The molecule has 0 spiro atoms. The Bertz CT molecular complexity index is 307. The molecule has 0 aliphatic rings. The van der Waals surface area contributed by atoms with Crippen LogP contribution in [0.4, 0.5) is 0 Å². The maximum Gasteiger partial charge on any atom is 0.0224 e. The molecule has 1 rings (SSSR count). The van der Waals surface area contributed by atoms with E-state index in [1.807, 2.05) is 0 Å². The second-order valence-corrected chi connectivity index (χ2v) is 5.94. The van der Waals surface area contributed by atoms with Gasteiger partial charge in [0.15, 0.2) is 0 Å². The zero-order chi connectivity index (χ0) is 12.2. The van der Waals surface area contributed by atoms with Gasteiger partial charge in [-0.2, -0.15) is 0 Å². The fraction of sp³-hybridized carbons (Fsp3) is 0.714. The number of nitrogens with two attached hydrogens (primary N) is 1. The summed E-state index contributed by atoms with van der Waals surface area (Å²) in [5, 5.41) is 0. The van der Waals surface area contributed by atoms with Crippen molar-refractivity contribution in [1.82, 2.24) is 4.57 Å². The van der Waals surface area contributed by atoms with Crippen LogP contribution < -0.4 is 5.73 Å². The maximum atomic E-state index is 5.95. The molecule has 16 heavy (non-hydrogen) atoms. The van der Waals surface area contributed by atoms with Crippen molar-refractivity contribution in [3.63, 3.8) is 0 Å². The topological polar surface area (TPSA) is 30.9 Å². The summed E-state index contributed by atoms with van der Waals surface area (Å²) in [5.74, 6) is 0. The molecule has 0 aromatic carbocycles. The molecular weight excluding hydrogens is 196 g/mol. The van der Waals surface area contributed by atoms with Crippen molar-refractivity contribution in [3.05, 3.63) is 24.0 Å². The highest BCUT2D eigenvalue weighted by atomic mass is 14.9. The largest absolute Gasteiger partial charge is 0.354 e. The van der Waals surface area contributed by atoms with E-state index in [4.69, 9.17) is 5.73 Å². The minimum Gasteiger partial charge on any atom is -0.354 e. The predicted molar refractivity (Wildman–Crippen MR) is 70.5 cm³/mol. The van der Waals surface area contributed by atoms with Crippen LogP contribution in [0.1, 0.15) is 46.1 Å². The van der Waals surface area contributed by atoms with Gasteiger partial charge in [0.25, 0.3) is 0 Å². The zero-order valence-corrected chi connectivity index (χ0v) is 11.2. The maximum absolute atomic E-state index is 5.95. The molecule has 1 atom stereocenters. The smallest absolute Gasteiger partial charge is 0.0224 e. The molecule has 0 bridgehead atoms. The van der Waals surface area contributed by atoms with E-state index in [0.29, 0.717) is 11.5 Å². The molecule has 1 heterocycles. The first-order valence-corrected chi connectivity index (χ1v) is 6.31. The van der Waals surface area contributed by atoms with Crippen molar-refractivity contribution >= 4 is 0 Å². The van der Waals surface area contributed by atoms with Crippen molar-refractivity contribution in [2.24, 2.45) is 11.1 Å². The second kappa shape index (κ2) is 5.53. The summed E-state index contributed by atoms with van der Waals surface area (Å²) in [5.41, 5.74) is 7.72. The Hall–Kier alpha value is -0.760. The molecule has 1 unspecified atom stereocenters. The Labute approximate surface area is 99.8 Å². The molecule has 2 nitrogen and oxygen atoms in total. The van der Waals surface area contributed by atoms with E-state index in [2.05, 4.69) is 50.7 Å². The fourth-order valence-corrected chi connectivity index (χ4v) is 1.66. The van der Waals surface area contributed by atoms with Crippen molar-refractivity contribution in [3.8, 4) is 0 Å². The highest BCUT2D eigenvalue weighted by molar-refractivity contribution is 5.11. The van der Waals surface area contributed by atoms with E-state index in [0.717, 1.165) is 19.4 Å². The standard InChI is InChI=1S/C14H26N2/c1-5-13(15)10-12-6-8-16(11-12)9-7-14(2,3)4/h6,8,11,13H,5,7,9-10,15H2,1-4H3. The molecule has 92 valence electrons. The molecule has 1 aromatic heterocycles. The summed E-state index contributed by atoms with van der Waals surface area (Å²) < 4.78 is 2.28. The van der Waals surface area contributed by atoms with E-state index in [1.165, 1.54) is 12.0 Å². The zero-order valence-electron chi connectivity index (χ0n) is 11.2. The normalized spacial score (nSPS) is 14.1. The Kier molecular flexibility index (Phi) is 4.60. The summed E-state index contributed by atoms with van der Waals surface area (Å²) in [4.78, 5) is 0. The highest BCUT2D eigenvalue weighted by Gasteiger charge is 2.10. The SMILES string of the molecule is CCC(N)Cc1ccn(CCC(C)(C)C)c1. The van der Waals surface area contributed by atoms with Crippen molar-refractivity contribution in [2.45, 2.75) is 59.5 Å². The average Bonchev–Trinajstić information content (AvgIpc) is 2.61. The second-order valence-electron chi connectivity index (χ2n) is 5.94. The van der Waals surface area contributed by atoms with E-state index in [1.54, 1.807) is 0 Å². The number of aromatic nitrogens is 1. The average molecular weight is 222 g/mol. The third kappa shape index (κ3) is 4.84. The van der Waals surface area contributed by atoms with Crippen LogP contribution in [0.2, 0.25) is 0 Å². The molecule has 0 saturated carbocycles. The summed E-state index contributed by atoms with van der Waals surface area (Å²) in [6.45, 7) is 10.1. The Balaban J connectivity index is 2.45. The van der Waals surface area contributed by atoms with Gasteiger partial charge in [-0.25, -0.2) is 0 Å². The number of hydrogen-bond acceptors (Lipinski definition) is 1. The molecule has 0 fully saturated rings. The van der Waals surface area contributed by atoms with E-state index >= 15 is 0 Å². The predicted octanol–water partition coefficient (Wildman–Crippen LogP) is 3.20. The summed E-state index contributed by atoms with van der Waals surface area (Å²) in [7, 11) is 0. The number of nitrogens with zero attached hydrogens (tertiary/aromatic N) is 1. The first kappa shape index (κ1) is 13.3. The van der Waals surface area contributed by atoms with Crippen LogP contribution in [0.5, 0.6) is 0 Å². The molecule has 1 aromatic rings. The van der Waals surface area contributed by atoms with Gasteiger partial charge in [0.1, 0.15) is 0 Å². The third-order valence-electron chi connectivity index (χ3n) is 2.95. The summed E-state index contributed by atoms with van der Waals surface area (Å²) >= 11 is 0. The van der Waals surface area contributed by atoms with Gasteiger partial charge >= 0.3 is 0 Å². The highest BCUT2D eigenvalue weighted by Crippen LogP contribution is 2.19. The van der Waals surface area contributed by atoms with Gasteiger partial charge in [0.2, 0.25) is 0 Å². The molecule has 0 radical (unpaired) electrons. The quantitative estimate of drug-likeness (QED) is 0.815. The Morgan fingerprint density at radius 1 is 1.38 bits per heavy atom. The van der Waals surface area contributed by atoms with Gasteiger partial charge in [-0.1, -0.05) is 27.7 Å². The van der Waals surface area contributed by atoms with Gasteiger partial charge in [-0.05, 0) is 36.3 Å². The minimum absolute atomic E-state index is 0.304. The monoisotopic (exact) mass is 222 g/mol. The lowest BCUT2D eigenvalue weighted by molar-refractivity contribution is 0.350. The van der Waals surface area contributed by atoms with Crippen molar-refractivity contribution < 1.29 is 0 Å². The van der Waals surface area contributed by atoms with Crippen molar-refractivity contribution in [2.75, 3.05) is 0 Å². The number of hydrogen-bond donors (Lipinski definition) is 1. The van der Waals surface area contributed by atoms with Crippen LogP contribution >= 0.6 is 0 Å². The molecule has 0 amide bonds. The lowest BCUT2D eigenvalue weighted by Gasteiger charge is -2.18. The first-order valence-electron chi connectivity index (χ1n) is 6.31. The summed E-state index contributed by atoms with van der Waals surface area (Å²) in [6, 6.07) is 2.50. The number of aryl methyl sites for hydroxylation is 1. The van der Waals surface area contributed by atoms with Crippen LogP contribution in [-0.4, -0.2) is 10.6 Å². The van der Waals surface area contributed by atoms with Gasteiger partial charge in [0, 0.05) is 25.0 Å². The fourth-order valence-electron chi connectivity index (χ4n) is 1.66. The molecular formula is C14H26N2. The van der Waals surface area contributed by atoms with Crippen LogP contribution in [0.3, 0.4) is 0 Å². The van der Waals surface area contributed by atoms with Crippen LogP contribution in [0.25, 0.3) is 0 Å². The molecule has 2 heteroatoms. The van der Waals surface area contributed by atoms with E-state index in [-0.39, 0.29) is 0 Å². The molecule has 2 N–H and O–H groups in total. The van der Waals surface area contributed by atoms with Gasteiger partial charge < -0.3 is 10.3 Å². The minimum atomic E-state index is 0.304. The van der Waals surface area contributed by atoms with Crippen molar-refractivity contribution in [1.29, 1.82) is 0 Å². The third-order valence-corrected chi connectivity index (χ3v) is 2.95. The van der Waals surface area contributed by atoms with Crippen LogP contribution in [0, 0.1) is 5.41 Å². The van der Waals surface area contributed by atoms with E-state index in [9.17, 15) is 0 Å². The Morgan fingerprint density at radius 2 is 2.06 bits per heavy atom. The summed E-state index contributed by atoms with van der Waals surface area (Å²) in [6.07, 6.45) is 7.66. The number of rotatable bonds is 5. The van der Waals surface area contributed by atoms with Gasteiger partial charge in [0.05, 0.1) is 0 Å². The lowest BCUT2D eigenvalue weighted by Crippen LogP contribution is -2.21. The first-order chi connectivity index (χ1) is 7.40.